The van der Waals surface area contributed by atoms with Crippen molar-refractivity contribution in [1.29, 1.82) is 0 Å². The number of hydrogen-bond donors (Lipinski definition) is 0. The van der Waals surface area contributed by atoms with Crippen LogP contribution in [-0.2, 0) is 20.5 Å². The van der Waals surface area contributed by atoms with E-state index < -0.39 is 5.60 Å². The molecule has 34 heavy (non-hydrogen) atoms. The summed E-state index contributed by atoms with van der Waals surface area (Å²) >= 11 is 0. The van der Waals surface area contributed by atoms with Crippen molar-refractivity contribution in [3.05, 3.63) is 29.3 Å². The van der Waals surface area contributed by atoms with E-state index in [0.29, 0.717) is 11.5 Å². The molecule has 0 aromatic heterocycles. The number of rotatable bonds is 2. The summed E-state index contributed by atoms with van der Waals surface area (Å²) in [6, 6.07) is 7.33. The Bertz CT molecular complexity index is 938. The Balaban J connectivity index is 1.18. The van der Waals surface area contributed by atoms with Crippen molar-refractivity contribution in [3.63, 3.8) is 0 Å². The molecule has 3 aliphatic heterocycles. The SMILES string of the molecule is CC(C)(C)OC(=O)N1CCC2(CC1)CN([C@@H]1CCc3cc(B4OC(C)(C)C(C)(C)O4)ccc31)C2. The third-order valence-corrected chi connectivity index (χ3v) is 8.73. The highest BCUT2D eigenvalue weighted by molar-refractivity contribution is 6.62. The first kappa shape index (κ1) is 24.1. The Morgan fingerprint density at radius 1 is 1.06 bits per heavy atom. The van der Waals surface area contributed by atoms with Crippen LogP contribution in [0.1, 0.15) is 84.9 Å². The molecule has 5 rings (SSSR count). The highest BCUT2D eigenvalue weighted by Crippen LogP contribution is 2.47. The fourth-order valence-electron chi connectivity index (χ4n) is 5.96. The summed E-state index contributed by atoms with van der Waals surface area (Å²) in [7, 11) is -0.295. The fourth-order valence-corrected chi connectivity index (χ4v) is 5.96. The summed E-state index contributed by atoms with van der Waals surface area (Å²) in [5.74, 6) is 0. The lowest BCUT2D eigenvalue weighted by atomic mass is 9.71. The van der Waals surface area contributed by atoms with E-state index >= 15 is 0 Å². The van der Waals surface area contributed by atoms with Gasteiger partial charge in [-0.2, -0.15) is 0 Å². The highest BCUT2D eigenvalue weighted by atomic mass is 16.7. The molecule has 1 aliphatic carbocycles. The smallest absolute Gasteiger partial charge is 0.444 e. The summed E-state index contributed by atoms with van der Waals surface area (Å²) in [5.41, 5.74) is 3.35. The van der Waals surface area contributed by atoms with Gasteiger partial charge in [0.05, 0.1) is 11.2 Å². The normalized spacial score (nSPS) is 27.6. The average molecular weight is 468 g/mol. The molecule has 186 valence electrons. The first-order chi connectivity index (χ1) is 15.8. The monoisotopic (exact) mass is 468 g/mol. The van der Waals surface area contributed by atoms with E-state index in [0.717, 1.165) is 50.9 Å². The highest BCUT2D eigenvalue weighted by Gasteiger charge is 2.52. The Kier molecular flexibility index (Phi) is 5.66. The van der Waals surface area contributed by atoms with E-state index in [1.165, 1.54) is 17.5 Å². The zero-order chi connectivity index (χ0) is 24.5. The molecule has 0 N–H and O–H groups in total. The summed E-state index contributed by atoms with van der Waals surface area (Å²) in [6.07, 6.45) is 4.28. The molecule has 0 bridgehead atoms. The lowest BCUT2D eigenvalue weighted by molar-refractivity contribution is -0.0716. The Labute approximate surface area is 205 Å². The van der Waals surface area contributed by atoms with Gasteiger partial charge in [0, 0.05) is 32.2 Å². The van der Waals surface area contributed by atoms with Crippen LogP contribution < -0.4 is 5.46 Å². The molecular formula is C27H41BN2O4. The zero-order valence-electron chi connectivity index (χ0n) is 22.1. The molecule has 4 aliphatic rings. The van der Waals surface area contributed by atoms with E-state index in [9.17, 15) is 4.79 Å². The molecule has 1 atom stereocenters. The molecule has 1 spiro atoms. The number of piperidine rings is 1. The topological polar surface area (TPSA) is 51.2 Å². The largest absolute Gasteiger partial charge is 0.494 e. The van der Waals surface area contributed by atoms with E-state index in [-0.39, 0.29) is 24.4 Å². The Hall–Kier alpha value is -1.57. The number of fused-ring (bicyclic) bond motifs is 1. The molecule has 7 heteroatoms. The maximum atomic E-state index is 12.4. The average Bonchev–Trinajstić information content (AvgIpc) is 3.21. The van der Waals surface area contributed by atoms with Crippen LogP contribution in [0.5, 0.6) is 0 Å². The zero-order valence-corrected chi connectivity index (χ0v) is 22.1. The molecule has 1 aromatic rings. The molecule has 3 heterocycles. The van der Waals surface area contributed by atoms with Gasteiger partial charge in [0.25, 0.3) is 0 Å². The summed E-state index contributed by atoms with van der Waals surface area (Å²) in [6.45, 7) is 18.1. The minimum atomic E-state index is -0.433. The van der Waals surface area contributed by atoms with Gasteiger partial charge in [-0.1, -0.05) is 18.2 Å². The van der Waals surface area contributed by atoms with Gasteiger partial charge >= 0.3 is 13.2 Å². The second-order valence-electron chi connectivity index (χ2n) is 13.0. The van der Waals surface area contributed by atoms with Crippen LogP contribution in [0.3, 0.4) is 0 Å². The number of ether oxygens (including phenoxy) is 1. The number of benzene rings is 1. The third-order valence-electron chi connectivity index (χ3n) is 8.73. The Morgan fingerprint density at radius 2 is 1.68 bits per heavy atom. The number of carbonyl (C=O) groups excluding carboxylic acids is 1. The second kappa shape index (κ2) is 7.97. The van der Waals surface area contributed by atoms with E-state index in [1.807, 2.05) is 25.7 Å². The van der Waals surface area contributed by atoms with Crippen LogP contribution in [0.15, 0.2) is 18.2 Å². The summed E-state index contributed by atoms with van der Waals surface area (Å²) in [5, 5.41) is 0. The van der Waals surface area contributed by atoms with Gasteiger partial charge in [0.2, 0.25) is 0 Å². The number of nitrogens with zero attached hydrogens (tertiary/aromatic N) is 2. The molecule has 0 radical (unpaired) electrons. The van der Waals surface area contributed by atoms with Crippen LogP contribution >= 0.6 is 0 Å². The predicted octanol–water partition coefficient (Wildman–Crippen LogP) is 4.31. The van der Waals surface area contributed by atoms with Gasteiger partial charge in [-0.05, 0) is 96.2 Å². The van der Waals surface area contributed by atoms with Crippen molar-refractivity contribution in [2.24, 2.45) is 5.41 Å². The van der Waals surface area contributed by atoms with Gasteiger partial charge in [-0.3, -0.25) is 4.90 Å². The van der Waals surface area contributed by atoms with Gasteiger partial charge in [0.15, 0.2) is 0 Å². The van der Waals surface area contributed by atoms with Crippen molar-refractivity contribution in [1.82, 2.24) is 9.80 Å². The van der Waals surface area contributed by atoms with Crippen LogP contribution in [-0.4, -0.2) is 66.0 Å². The maximum absolute atomic E-state index is 12.4. The number of amides is 1. The molecule has 1 amide bonds. The Morgan fingerprint density at radius 3 is 2.26 bits per heavy atom. The summed E-state index contributed by atoms with van der Waals surface area (Å²) < 4.78 is 18.1. The van der Waals surface area contributed by atoms with Crippen molar-refractivity contribution in [2.45, 2.75) is 97.0 Å². The molecule has 6 nitrogen and oxygen atoms in total. The predicted molar refractivity (Wildman–Crippen MR) is 134 cm³/mol. The second-order valence-corrected chi connectivity index (χ2v) is 13.0. The van der Waals surface area contributed by atoms with Crippen LogP contribution in [0.4, 0.5) is 4.79 Å². The lowest BCUT2D eigenvalue weighted by Crippen LogP contribution is -2.61. The van der Waals surface area contributed by atoms with Crippen molar-refractivity contribution in [2.75, 3.05) is 26.2 Å². The van der Waals surface area contributed by atoms with Crippen molar-refractivity contribution in [3.8, 4) is 0 Å². The third kappa shape index (κ3) is 4.29. The van der Waals surface area contributed by atoms with Gasteiger partial charge in [-0.15, -0.1) is 0 Å². The first-order valence-corrected chi connectivity index (χ1v) is 13.0. The fraction of sp³-hybridized carbons (Fsp3) is 0.741. The number of hydrogen-bond acceptors (Lipinski definition) is 5. The quantitative estimate of drug-likeness (QED) is 0.606. The van der Waals surface area contributed by atoms with E-state index in [2.05, 4.69) is 50.8 Å². The standard InChI is InChI=1S/C27H41BN2O4/c1-24(2,3)32-23(31)29-14-12-27(13-15-29)17-30(18-27)22-11-8-19-16-20(9-10-21(19)22)28-33-25(4,5)26(6,7)34-28/h9-10,16,22H,8,11-15,17-18H2,1-7H3/t22-/m1/s1. The number of carbonyl (C=O) groups is 1. The summed E-state index contributed by atoms with van der Waals surface area (Å²) in [4.78, 5) is 17.0. The van der Waals surface area contributed by atoms with Gasteiger partial charge < -0.3 is 18.9 Å². The van der Waals surface area contributed by atoms with Crippen LogP contribution in [0.25, 0.3) is 0 Å². The number of likely N-dealkylation sites (tertiary alicyclic amines) is 2. The first-order valence-electron chi connectivity index (χ1n) is 13.0. The van der Waals surface area contributed by atoms with Crippen LogP contribution in [0.2, 0.25) is 0 Å². The number of aryl methyl sites for hydroxylation is 1. The van der Waals surface area contributed by atoms with E-state index in [4.69, 9.17) is 14.0 Å². The molecule has 1 aromatic carbocycles. The lowest BCUT2D eigenvalue weighted by Gasteiger charge is -2.56. The minimum absolute atomic E-state index is 0.166. The maximum Gasteiger partial charge on any atom is 0.494 e. The minimum Gasteiger partial charge on any atom is -0.444 e. The molecule has 3 saturated heterocycles. The molecule has 3 fully saturated rings. The molecule has 0 saturated carbocycles. The van der Waals surface area contributed by atoms with Gasteiger partial charge in [-0.25, -0.2) is 4.79 Å². The van der Waals surface area contributed by atoms with Crippen molar-refractivity contribution < 1.29 is 18.8 Å². The van der Waals surface area contributed by atoms with Crippen LogP contribution in [0, 0.1) is 5.41 Å². The molecular weight excluding hydrogens is 427 g/mol. The van der Waals surface area contributed by atoms with Crippen molar-refractivity contribution >= 4 is 18.7 Å². The molecule has 0 unspecified atom stereocenters. The van der Waals surface area contributed by atoms with Gasteiger partial charge in [0.1, 0.15) is 5.60 Å². The van der Waals surface area contributed by atoms with E-state index in [1.54, 1.807) is 0 Å².